The molecule has 0 aliphatic carbocycles. The fourth-order valence-electron chi connectivity index (χ4n) is 2.16. The first-order valence-corrected chi connectivity index (χ1v) is 7.98. The maximum absolute atomic E-state index is 12.5. The zero-order valence-electron chi connectivity index (χ0n) is 13.6. The van der Waals surface area contributed by atoms with E-state index >= 15 is 0 Å². The van der Waals surface area contributed by atoms with E-state index in [0.717, 1.165) is 0 Å². The van der Waals surface area contributed by atoms with E-state index in [2.05, 4.69) is 0 Å². The van der Waals surface area contributed by atoms with E-state index in [1.54, 1.807) is 13.0 Å². The number of hydrogen-bond donors (Lipinski definition) is 2. The van der Waals surface area contributed by atoms with E-state index in [9.17, 15) is 14.7 Å². The number of phenols is 1. The Morgan fingerprint density at radius 2 is 1.84 bits per heavy atom. The largest absolute Gasteiger partial charge is 0.508 e. The molecular formula is C18H18ClNO5. The van der Waals surface area contributed by atoms with Gasteiger partial charge in [0.1, 0.15) is 11.5 Å². The minimum Gasteiger partial charge on any atom is -0.508 e. The van der Waals surface area contributed by atoms with Crippen LogP contribution in [0.4, 0.5) is 0 Å². The smallest absolute Gasteiger partial charge is 0.344 e. The quantitative estimate of drug-likeness (QED) is 0.579. The Kier molecular flexibility index (Phi) is 6.38. The van der Waals surface area contributed by atoms with E-state index in [1.165, 1.54) is 30.3 Å². The molecule has 0 aliphatic heterocycles. The van der Waals surface area contributed by atoms with Gasteiger partial charge in [-0.3, -0.25) is 4.79 Å². The third kappa shape index (κ3) is 4.71. The predicted molar refractivity (Wildman–Crippen MR) is 93.0 cm³/mol. The van der Waals surface area contributed by atoms with Crippen molar-refractivity contribution in [3.63, 3.8) is 0 Å². The van der Waals surface area contributed by atoms with Crippen LogP contribution in [0.1, 0.15) is 28.4 Å². The number of nitrogens with two attached hydrogens (primary N) is 1. The molecule has 2 aromatic carbocycles. The Balaban J connectivity index is 2.16. The number of ether oxygens (including phenoxy) is 2. The number of ketones is 1. The summed E-state index contributed by atoms with van der Waals surface area (Å²) in [6, 6.07) is 8.99. The highest BCUT2D eigenvalue weighted by Crippen LogP contribution is 2.27. The van der Waals surface area contributed by atoms with Crippen LogP contribution in [0.3, 0.4) is 0 Å². The number of esters is 1. The summed E-state index contributed by atoms with van der Waals surface area (Å²) in [6.07, 6.45) is 0. The molecule has 6 nitrogen and oxygen atoms in total. The lowest BCUT2D eigenvalue weighted by Gasteiger charge is -2.09. The van der Waals surface area contributed by atoms with Crippen molar-refractivity contribution in [2.75, 3.05) is 13.2 Å². The molecule has 3 N–H and O–H groups in total. The van der Waals surface area contributed by atoms with Gasteiger partial charge in [0.05, 0.1) is 11.6 Å². The highest BCUT2D eigenvalue weighted by Gasteiger charge is 2.14. The van der Waals surface area contributed by atoms with Crippen molar-refractivity contribution in [1.82, 2.24) is 0 Å². The van der Waals surface area contributed by atoms with Gasteiger partial charge in [-0.25, -0.2) is 4.79 Å². The van der Waals surface area contributed by atoms with Crippen LogP contribution in [0.15, 0.2) is 36.4 Å². The molecule has 0 radical (unpaired) electrons. The second-order valence-corrected chi connectivity index (χ2v) is 5.52. The van der Waals surface area contributed by atoms with Gasteiger partial charge in [0.2, 0.25) is 0 Å². The second kappa shape index (κ2) is 8.50. The first kappa shape index (κ1) is 18.8. The molecule has 2 aromatic rings. The third-order valence-corrected chi connectivity index (χ3v) is 3.70. The minimum absolute atomic E-state index is 0.0415. The van der Waals surface area contributed by atoms with E-state index in [4.69, 9.17) is 26.8 Å². The molecule has 0 unspecified atom stereocenters. The van der Waals surface area contributed by atoms with Crippen LogP contribution >= 0.6 is 11.6 Å². The van der Waals surface area contributed by atoms with Crippen LogP contribution in [0.2, 0.25) is 5.02 Å². The molecule has 0 amide bonds. The molecule has 0 fully saturated rings. The van der Waals surface area contributed by atoms with Crippen LogP contribution in [0.5, 0.6) is 11.5 Å². The van der Waals surface area contributed by atoms with E-state index < -0.39 is 5.97 Å². The number of benzene rings is 2. The third-order valence-electron chi connectivity index (χ3n) is 3.41. The van der Waals surface area contributed by atoms with Crippen LogP contribution < -0.4 is 10.5 Å². The number of halogens is 1. The zero-order chi connectivity index (χ0) is 18.4. The lowest BCUT2D eigenvalue weighted by atomic mass is 10.0. The number of carbonyl (C=O) groups excluding carboxylic acids is 2. The van der Waals surface area contributed by atoms with Gasteiger partial charge in [-0.2, -0.15) is 0 Å². The zero-order valence-corrected chi connectivity index (χ0v) is 14.4. The Morgan fingerprint density at radius 3 is 2.48 bits per heavy atom. The van der Waals surface area contributed by atoms with Gasteiger partial charge < -0.3 is 20.3 Å². The fraction of sp³-hybridized carbons (Fsp3) is 0.222. The first-order valence-electron chi connectivity index (χ1n) is 7.60. The molecule has 132 valence electrons. The SMILES string of the molecule is CCOC(=O)COc1ccc(C(=O)c2ccc(O)c(CN)c2)cc1Cl. The average molecular weight is 364 g/mol. The standard InChI is InChI=1S/C18H18ClNO5/c1-2-24-17(22)10-25-16-6-4-12(8-14(16)19)18(23)11-3-5-15(21)13(7-11)9-20/h3-8,21H,2,9-10,20H2,1H3. The maximum Gasteiger partial charge on any atom is 0.344 e. The Labute approximate surface area is 150 Å². The van der Waals surface area contributed by atoms with Crippen LogP contribution in [0, 0.1) is 0 Å². The summed E-state index contributed by atoms with van der Waals surface area (Å²) in [7, 11) is 0. The van der Waals surface area contributed by atoms with Crippen LogP contribution in [-0.2, 0) is 16.1 Å². The van der Waals surface area contributed by atoms with E-state index in [1.807, 2.05) is 0 Å². The monoisotopic (exact) mass is 363 g/mol. The van der Waals surface area contributed by atoms with E-state index in [-0.39, 0.29) is 42.1 Å². The van der Waals surface area contributed by atoms with Crippen molar-refractivity contribution in [1.29, 1.82) is 0 Å². The fourth-order valence-corrected chi connectivity index (χ4v) is 2.39. The number of aromatic hydroxyl groups is 1. The second-order valence-electron chi connectivity index (χ2n) is 5.12. The molecular weight excluding hydrogens is 346 g/mol. The summed E-state index contributed by atoms with van der Waals surface area (Å²) < 4.78 is 10.0. The molecule has 0 aliphatic rings. The summed E-state index contributed by atoms with van der Waals surface area (Å²) in [5, 5.41) is 9.85. The van der Waals surface area contributed by atoms with Crippen molar-refractivity contribution < 1.29 is 24.2 Å². The van der Waals surface area contributed by atoms with Gasteiger partial charge in [0.15, 0.2) is 12.4 Å². The first-order chi connectivity index (χ1) is 12.0. The molecule has 25 heavy (non-hydrogen) atoms. The van der Waals surface area contributed by atoms with Crippen molar-refractivity contribution in [2.24, 2.45) is 5.73 Å². The van der Waals surface area contributed by atoms with Gasteiger partial charge in [0.25, 0.3) is 0 Å². The average Bonchev–Trinajstić information content (AvgIpc) is 2.60. The lowest BCUT2D eigenvalue weighted by molar-refractivity contribution is -0.145. The minimum atomic E-state index is -0.503. The van der Waals surface area contributed by atoms with Crippen molar-refractivity contribution in [2.45, 2.75) is 13.5 Å². The van der Waals surface area contributed by atoms with Crippen LogP contribution in [-0.4, -0.2) is 30.1 Å². The molecule has 0 aromatic heterocycles. The Morgan fingerprint density at radius 1 is 1.16 bits per heavy atom. The summed E-state index contributed by atoms with van der Waals surface area (Å²) in [4.78, 5) is 23.8. The van der Waals surface area contributed by atoms with Gasteiger partial charge in [0, 0.05) is 23.2 Å². The Bertz CT molecular complexity index is 791. The van der Waals surface area contributed by atoms with Gasteiger partial charge in [-0.1, -0.05) is 11.6 Å². The predicted octanol–water partition coefficient (Wildman–Crippen LogP) is 2.68. The van der Waals surface area contributed by atoms with Gasteiger partial charge in [-0.05, 0) is 43.3 Å². The highest BCUT2D eigenvalue weighted by molar-refractivity contribution is 6.32. The Hall–Kier alpha value is -2.57. The van der Waals surface area contributed by atoms with Gasteiger partial charge >= 0.3 is 5.97 Å². The lowest BCUT2D eigenvalue weighted by Crippen LogP contribution is -2.14. The molecule has 7 heteroatoms. The number of hydrogen-bond acceptors (Lipinski definition) is 6. The number of rotatable bonds is 7. The molecule has 0 saturated heterocycles. The van der Waals surface area contributed by atoms with Crippen molar-refractivity contribution in [3.8, 4) is 11.5 Å². The van der Waals surface area contributed by atoms with E-state index in [0.29, 0.717) is 16.7 Å². The summed E-state index contributed by atoms with van der Waals surface area (Å²) in [6.45, 7) is 1.82. The van der Waals surface area contributed by atoms with Gasteiger partial charge in [-0.15, -0.1) is 0 Å². The topological polar surface area (TPSA) is 98.8 Å². The highest BCUT2D eigenvalue weighted by atomic mass is 35.5. The summed E-state index contributed by atoms with van der Waals surface area (Å²) in [5.41, 5.74) is 6.75. The molecule has 2 rings (SSSR count). The van der Waals surface area contributed by atoms with Crippen LogP contribution in [0.25, 0.3) is 0 Å². The molecule has 0 heterocycles. The number of carbonyl (C=O) groups is 2. The normalized spacial score (nSPS) is 10.4. The maximum atomic E-state index is 12.5. The number of phenolic OH excluding ortho intramolecular Hbond substituents is 1. The molecule has 0 bridgehead atoms. The summed E-state index contributed by atoms with van der Waals surface area (Å²) in [5.74, 6) is -0.454. The molecule has 0 saturated carbocycles. The van der Waals surface area contributed by atoms with Crippen molar-refractivity contribution in [3.05, 3.63) is 58.1 Å². The molecule has 0 spiro atoms. The van der Waals surface area contributed by atoms with Crippen molar-refractivity contribution >= 4 is 23.4 Å². The summed E-state index contributed by atoms with van der Waals surface area (Å²) >= 11 is 6.12. The molecule has 0 atom stereocenters.